The molecule has 13 heavy (non-hydrogen) atoms. The van der Waals surface area contributed by atoms with E-state index in [1.165, 1.54) is 0 Å². The van der Waals surface area contributed by atoms with Crippen LogP contribution in [0.5, 0.6) is 0 Å². The number of oxime groups is 1. The third-order valence-corrected chi connectivity index (χ3v) is 1.91. The molecule has 0 aromatic rings. The minimum absolute atomic E-state index is 0.112. The second kappa shape index (κ2) is 6.68. The molecule has 2 unspecified atom stereocenters. The number of aliphatic hydroxyl groups excluding tert-OH is 1. The van der Waals surface area contributed by atoms with Crippen LogP contribution in [0, 0.1) is 5.92 Å². The number of rotatable bonds is 6. The number of amidine groups is 1. The van der Waals surface area contributed by atoms with E-state index in [2.05, 4.69) is 10.5 Å². The van der Waals surface area contributed by atoms with Crippen molar-refractivity contribution in [1.29, 1.82) is 0 Å². The largest absolute Gasteiger partial charge is 0.409 e. The highest BCUT2D eigenvalue weighted by atomic mass is 16.4. The lowest BCUT2D eigenvalue weighted by molar-refractivity contribution is 0.232. The zero-order chi connectivity index (χ0) is 10.3. The van der Waals surface area contributed by atoms with E-state index in [0.29, 0.717) is 6.54 Å². The highest BCUT2D eigenvalue weighted by Crippen LogP contribution is 1.95. The standard InChI is InChI=1S/C8H19N3O2/c1-3-7(8(9)11-13)10-4-6(2)5-12/h6-7,10,12-13H,3-5H2,1-2H3,(H2,9,11). The molecule has 0 fully saturated rings. The summed E-state index contributed by atoms with van der Waals surface area (Å²) in [6.07, 6.45) is 0.758. The number of nitrogens with one attached hydrogen (secondary N) is 1. The van der Waals surface area contributed by atoms with Crippen LogP contribution >= 0.6 is 0 Å². The maximum atomic E-state index is 8.77. The SMILES string of the molecule is CCC(NCC(C)CO)C(N)=NO. The molecular formula is C8H19N3O2. The van der Waals surface area contributed by atoms with Crippen LogP contribution in [0.25, 0.3) is 0 Å². The number of hydrogen-bond acceptors (Lipinski definition) is 4. The van der Waals surface area contributed by atoms with Gasteiger partial charge in [0.1, 0.15) is 0 Å². The van der Waals surface area contributed by atoms with Gasteiger partial charge in [-0.15, -0.1) is 0 Å². The first kappa shape index (κ1) is 12.2. The highest BCUT2D eigenvalue weighted by molar-refractivity contribution is 5.85. The maximum Gasteiger partial charge on any atom is 0.156 e. The summed E-state index contributed by atoms with van der Waals surface area (Å²) in [4.78, 5) is 0. The molecule has 0 radical (unpaired) electrons. The second-order valence-corrected chi connectivity index (χ2v) is 3.18. The zero-order valence-electron chi connectivity index (χ0n) is 8.20. The van der Waals surface area contributed by atoms with Crippen molar-refractivity contribution >= 4 is 5.84 Å². The molecule has 0 saturated heterocycles. The summed E-state index contributed by atoms with van der Waals surface area (Å²) < 4.78 is 0. The lowest BCUT2D eigenvalue weighted by Gasteiger charge is -2.17. The monoisotopic (exact) mass is 189 g/mol. The van der Waals surface area contributed by atoms with Gasteiger partial charge < -0.3 is 21.4 Å². The van der Waals surface area contributed by atoms with Gasteiger partial charge in [0.05, 0.1) is 6.04 Å². The third-order valence-electron chi connectivity index (χ3n) is 1.91. The summed E-state index contributed by atoms with van der Waals surface area (Å²) >= 11 is 0. The topological polar surface area (TPSA) is 90.9 Å². The number of aliphatic hydroxyl groups is 1. The highest BCUT2D eigenvalue weighted by Gasteiger charge is 2.11. The quantitative estimate of drug-likeness (QED) is 0.200. The first-order chi connectivity index (χ1) is 6.15. The van der Waals surface area contributed by atoms with Gasteiger partial charge in [0.15, 0.2) is 5.84 Å². The average molecular weight is 189 g/mol. The van der Waals surface area contributed by atoms with Gasteiger partial charge >= 0.3 is 0 Å². The van der Waals surface area contributed by atoms with Crippen LogP contribution in [0.2, 0.25) is 0 Å². The molecule has 0 spiro atoms. The van der Waals surface area contributed by atoms with Crippen LogP contribution in [0.15, 0.2) is 5.16 Å². The van der Waals surface area contributed by atoms with Crippen molar-refractivity contribution in [3.05, 3.63) is 0 Å². The molecule has 5 heteroatoms. The Morgan fingerprint density at radius 3 is 2.62 bits per heavy atom. The average Bonchev–Trinajstić information content (AvgIpc) is 2.17. The molecule has 0 aromatic carbocycles. The van der Waals surface area contributed by atoms with E-state index < -0.39 is 0 Å². The molecule has 5 N–H and O–H groups in total. The molecule has 0 aliphatic heterocycles. The summed E-state index contributed by atoms with van der Waals surface area (Å²) in [6.45, 7) is 4.66. The molecule has 0 rings (SSSR count). The van der Waals surface area contributed by atoms with Crippen molar-refractivity contribution in [1.82, 2.24) is 5.32 Å². The third kappa shape index (κ3) is 4.69. The minimum Gasteiger partial charge on any atom is -0.409 e. The Labute approximate surface area is 78.6 Å². The smallest absolute Gasteiger partial charge is 0.156 e. The van der Waals surface area contributed by atoms with Crippen LogP contribution in [0.1, 0.15) is 20.3 Å². The van der Waals surface area contributed by atoms with E-state index in [0.717, 1.165) is 6.42 Å². The van der Waals surface area contributed by atoms with Crippen LogP contribution in [-0.4, -0.2) is 35.3 Å². The molecule has 0 heterocycles. The molecule has 0 aliphatic rings. The fourth-order valence-electron chi connectivity index (χ4n) is 0.936. The van der Waals surface area contributed by atoms with E-state index in [-0.39, 0.29) is 24.4 Å². The van der Waals surface area contributed by atoms with E-state index in [1.54, 1.807) is 0 Å². The van der Waals surface area contributed by atoms with E-state index in [1.807, 2.05) is 13.8 Å². The lowest BCUT2D eigenvalue weighted by atomic mass is 10.1. The minimum atomic E-state index is -0.112. The Bertz CT molecular complexity index is 161. The van der Waals surface area contributed by atoms with Gasteiger partial charge in [-0.3, -0.25) is 0 Å². The van der Waals surface area contributed by atoms with Gasteiger partial charge in [-0.2, -0.15) is 0 Å². The molecule has 2 atom stereocenters. The Morgan fingerprint density at radius 2 is 2.23 bits per heavy atom. The van der Waals surface area contributed by atoms with Gasteiger partial charge in [0.2, 0.25) is 0 Å². The van der Waals surface area contributed by atoms with Crippen molar-refractivity contribution in [2.24, 2.45) is 16.8 Å². The number of nitrogens with two attached hydrogens (primary N) is 1. The lowest BCUT2D eigenvalue weighted by Crippen LogP contribution is -2.43. The van der Waals surface area contributed by atoms with Gasteiger partial charge in [-0.05, 0) is 12.3 Å². The van der Waals surface area contributed by atoms with E-state index in [4.69, 9.17) is 16.0 Å². The first-order valence-electron chi connectivity index (χ1n) is 4.47. The van der Waals surface area contributed by atoms with Crippen LogP contribution in [0.4, 0.5) is 0 Å². The second-order valence-electron chi connectivity index (χ2n) is 3.18. The van der Waals surface area contributed by atoms with Crippen LogP contribution < -0.4 is 11.1 Å². The summed E-state index contributed by atoms with van der Waals surface area (Å²) in [5.41, 5.74) is 5.43. The Kier molecular flexibility index (Phi) is 6.26. The summed E-state index contributed by atoms with van der Waals surface area (Å²) in [5.74, 6) is 0.369. The summed E-state index contributed by atoms with van der Waals surface area (Å²) in [5, 5.41) is 23.2. The molecule has 0 bridgehead atoms. The molecule has 0 aliphatic carbocycles. The van der Waals surface area contributed by atoms with E-state index >= 15 is 0 Å². The molecule has 0 aromatic heterocycles. The van der Waals surface area contributed by atoms with Crippen molar-refractivity contribution in [2.75, 3.05) is 13.2 Å². The van der Waals surface area contributed by atoms with Gasteiger partial charge in [-0.1, -0.05) is 19.0 Å². The molecule has 78 valence electrons. The van der Waals surface area contributed by atoms with Crippen molar-refractivity contribution in [3.63, 3.8) is 0 Å². The predicted molar refractivity (Wildman–Crippen MR) is 51.7 cm³/mol. The first-order valence-corrected chi connectivity index (χ1v) is 4.47. The summed E-state index contributed by atoms with van der Waals surface area (Å²) in [7, 11) is 0. The Morgan fingerprint density at radius 1 is 1.62 bits per heavy atom. The zero-order valence-corrected chi connectivity index (χ0v) is 8.20. The molecule has 0 amide bonds. The van der Waals surface area contributed by atoms with Crippen molar-refractivity contribution in [2.45, 2.75) is 26.3 Å². The van der Waals surface area contributed by atoms with Crippen LogP contribution in [0.3, 0.4) is 0 Å². The molecule has 0 saturated carbocycles. The fourth-order valence-corrected chi connectivity index (χ4v) is 0.936. The molecular weight excluding hydrogens is 170 g/mol. The van der Waals surface area contributed by atoms with E-state index in [9.17, 15) is 0 Å². The van der Waals surface area contributed by atoms with Gasteiger partial charge in [-0.25, -0.2) is 0 Å². The Balaban J connectivity index is 3.85. The van der Waals surface area contributed by atoms with Gasteiger partial charge in [0.25, 0.3) is 0 Å². The normalized spacial score (nSPS) is 17.0. The summed E-state index contributed by atoms with van der Waals surface area (Å²) in [6, 6.07) is -0.112. The van der Waals surface area contributed by atoms with Crippen LogP contribution in [-0.2, 0) is 0 Å². The maximum absolute atomic E-state index is 8.77. The molecule has 5 nitrogen and oxygen atoms in total. The van der Waals surface area contributed by atoms with Crippen molar-refractivity contribution < 1.29 is 10.3 Å². The van der Waals surface area contributed by atoms with Crippen molar-refractivity contribution in [3.8, 4) is 0 Å². The number of hydrogen-bond donors (Lipinski definition) is 4. The van der Waals surface area contributed by atoms with Gasteiger partial charge in [0, 0.05) is 13.2 Å². The fraction of sp³-hybridized carbons (Fsp3) is 0.875. The predicted octanol–water partition coefficient (Wildman–Crippen LogP) is -0.271. The Hall–Kier alpha value is -0.810. The number of nitrogens with zero attached hydrogens (tertiary/aromatic N) is 1.